The molecule has 12 aromatic rings. The Kier molecular flexibility index (Phi) is 19.9. The Labute approximate surface area is 479 Å². The van der Waals surface area contributed by atoms with Crippen LogP contribution in [-0.2, 0) is 26.9 Å². The van der Waals surface area contributed by atoms with Gasteiger partial charge in [-0.05, 0) is 139 Å². The van der Waals surface area contributed by atoms with E-state index in [1.165, 1.54) is 143 Å². The summed E-state index contributed by atoms with van der Waals surface area (Å²) in [6.45, 7) is 24.0. The van der Waals surface area contributed by atoms with Crippen molar-refractivity contribution in [2.45, 2.75) is 95.9 Å². The van der Waals surface area contributed by atoms with Gasteiger partial charge in [0.2, 0.25) is 0 Å². The van der Waals surface area contributed by atoms with Gasteiger partial charge in [-0.15, -0.1) is 0 Å². The molecule has 2 heterocycles. The van der Waals surface area contributed by atoms with Gasteiger partial charge in [0.1, 0.15) is 0 Å². The summed E-state index contributed by atoms with van der Waals surface area (Å²) < 4.78 is 4.70. The molecular weight excluding hydrogens is 969 g/mol. The Morgan fingerprint density at radius 2 is 0.787 bits per heavy atom. The monoisotopic (exact) mass is 1060 g/mol. The van der Waals surface area contributed by atoms with E-state index in [0.717, 1.165) is 12.8 Å². The van der Waals surface area contributed by atoms with Crippen LogP contribution in [0.2, 0.25) is 0 Å². The zero-order chi connectivity index (χ0) is 57.9. The topological polar surface area (TPSA) is 16.3 Å². The predicted octanol–water partition coefficient (Wildman–Crippen LogP) is 21.7. The van der Waals surface area contributed by atoms with Crippen LogP contribution < -0.4 is 9.80 Å². The molecule has 2 aromatic heterocycles. The second kappa shape index (κ2) is 26.7. The molecule has 0 N–H and O–H groups in total. The van der Waals surface area contributed by atoms with Crippen molar-refractivity contribution in [1.29, 1.82) is 0 Å². The standard InChI is InChI=1S/2C32H26N2.6C2H6/c1-33(2)30-19-31-32(26-11-7-6-10-25(26)30)28-18-21(14-15-29(28)34(31)3)20-12-13-23-16-22-8-4-5-9-24(22)27(23)17-20;1-33(2)23-14-15-26-30-19-29(25-10-6-7-11-27(25)32(30)34(3)31(26)18-23)22-13-12-21-16-20-8-4-5-9-24(20)28(21)17-22;6*1-2/h2*4-15,17-19H,16H2,1-3H3;6*1-2H3. The maximum absolute atomic E-state index is 2.41. The van der Waals surface area contributed by atoms with Crippen LogP contribution in [0.25, 0.3) is 110 Å². The Morgan fingerprint density at radius 3 is 1.38 bits per heavy atom. The molecule has 412 valence electrons. The summed E-state index contributed by atoms with van der Waals surface area (Å²) in [7, 11) is 12.8. The SMILES string of the molecule is CC.CC.CC.CC.CC.CC.CN(C)c1cc2c(c3ccccc13)c1cc(-c3ccc4c(c3)-c3ccccc3C4)ccc1n2C.CN(C)c1ccc2c3cc(-c4ccc5c(c4)-c4ccccc4C5)c4ccccc4c3n(C)c2c1. The smallest absolute Gasteiger partial charge is 0.0568 e. The van der Waals surface area contributed by atoms with Crippen molar-refractivity contribution in [3.63, 3.8) is 0 Å². The van der Waals surface area contributed by atoms with Crippen molar-refractivity contribution >= 4 is 76.5 Å². The maximum atomic E-state index is 2.41. The van der Waals surface area contributed by atoms with Gasteiger partial charge in [0.25, 0.3) is 0 Å². The maximum Gasteiger partial charge on any atom is 0.0568 e. The van der Waals surface area contributed by atoms with Crippen LogP contribution in [0.4, 0.5) is 11.4 Å². The second-order valence-electron chi connectivity index (χ2n) is 19.5. The summed E-state index contributed by atoms with van der Waals surface area (Å²) in [4.78, 5) is 4.39. The first-order valence-corrected chi connectivity index (χ1v) is 29.9. The fraction of sp³-hybridized carbons (Fsp3) is 0.263. The molecule has 0 atom stereocenters. The summed E-state index contributed by atoms with van der Waals surface area (Å²) in [6.07, 6.45) is 2.07. The minimum absolute atomic E-state index is 1.03. The van der Waals surface area contributed by atoms with Gasteiger partial charge < -0.3 is 18.9 Å². The summed E-state index contributed by atoms with van der Waals surface area (Å²) in [5.41, 5.74) is 24.0. The predicted molar refractivity (Wildman–Crippen MR) is 360 cm³/mol. The molecule has 10 aromatic carbocycles. The first-order valence-electron chi connectivity index (χ1n) is 29.9. The number of fused-ring (bicyclic) bond motifs is 16. The summed E-state index contributed by atoms with van der Waals surface area (Å²) in [5.74, 6) is 0. The van der Waals surface area contributed by atoms with E-state index in [1.54, 1.807) is 0 Å². The van der Waals surface area contributed by atoms with Crippen LogP contribution in [0.15, 0.2) is 182 Å². The lowest BCUT2D eigenvalue weighted by Gasteiger charge is -2.17. The number of rotatable bonds is 4. The van der Waals surface area contributed by atoms with Crippen LogP contribution in [0.3, 0.4) is 0 Å². The van der Waals surface area contributed by atoms with Crippen molar-refractivity contribution in [1.82, 2.24) is 9.13 Å². The van der Waals surface area contributed by atoms with Gasteiger partial charge in [0.15, 0.2) is 0 Å². The van der Waals surface area contributed by atoms with E-state index in [2.05, 4.69) is 243 Å². The van der Waals surface area contributed by atoms with Crippen molar-refractivity contribution in [2.24, 2.45) is 14.1 Å². The normalized spacial score (nSPS) is 11.0. The van der Waals surface area contributed by atoms with Gasteiger partial charge in [0.05, 0.1) is 16.6 Å². The Hall–Kier alpha value is -8.08. The molecule has 2 aliphatic carbocycles. The van der Waals surface area contributed by atoms with Crippen molar-refractivity contribution in [2.75, 3.05) is 38.0 Å². The van der Waals surface area contributed by atoms with Gasteiger partial charge >= 0.3 is 0 Å². The van der Waals surface area contributed by atoms with Crippen molar-refractivity contribution in [3.05, 3.63) is 204 Å². The molecule has 0 unspecified atom stereocenters. The fourth-order valence-corrected chi connectivity index (χ4v) is 11.8. The van der Waals surface area contributed by atoms with E-state index in [9.17, 15) is 0 Å². The van der Waals surface area contributed by atoms with Gasteiger partial charge in [-0.3, -0.25) is 0 Å². The van der Waals surface area contributed by atoms with Crippen LogP contribution in [0, 0.1) is 0 Å². The number of hydrogen-bond donors (Lipinski definition) is 0. The number of aryl methyl sites for hydroxylation is 2. The average Bonchev–Trinajstić information content (AvgIpc) is 4.28. The molecule has 2 aliphatic rings. The molecule has 0 saturated heterocycles. The fourth-order valence-electron chi connectivity index (χ4n) is 11.8. The average molecular weight is 1060 g/mol. The number of benzene rings is 10. The van der Waals surface area contributed by atoms with Crippen LogP contribution in [0.5, 0.6) is 0 Å². The third-order valence-corrected chi connectivity index (χ3v) is 15.2. The largest absolute Gasteiger partial charge is 0.378 e. The second-order valence-corrected chi connectivity index (χ2v) is 19.5. The third kappa shape index (κ3) is 10.7. The van der Waals surface area contributed by atoms with Crippen LogP contribution in [0.1, 0.15) is 105 Å². The number of hydrogen-bond acceptors (Lipinski definition) is 2. The lowest BCUT2D eigenvalue weighted by atomic mass is 9.93. The molecule has 0 spiro atoms. The molecule has 0 amide bonds. The lowest BCUT2D eigenvalue weighted by Crippen LogP contribution is -2.09. The van der Waals surface area contributed by atoms with Crippen LogP contribution in [-0.4, -0.2) is 37.3 Å². The molecule has 0 radical (unpaired) electrons. The molecule has 0 bridgehead atoms. The van der Waals surface area contributed by atoms with Gasteiger partial charge in [-0.25, -0.2) is 0 Å². The van der Waals surface area contributed by atoms with Gasteiger partial charge in [-0.2, -0.15) is 0 Å². The number of anilines is 2. The molecule has 0 saturated carbocycles. The Balaban J connectivity index is 0.000000195. The lowest BCUT2D eigenvalue weighted by molar-refractivity contribution is 1.01. The highest BCUT2D eigenvalue weighted by atomic mass is 15.1. The zero-order valence-electron chi connectivity index (χ0n) is 51.5. The minimum atomic E-state index is 1.03. The van der Waals surface area contributed by atoms with Crippen molar-refractivity contribution < 1.29 is 0 Å². The highest BCUT2D eigenvalue weighted by molar-refractivity contribution is 6.24. The minimum Gasteiger partial charge on any atom is -0.378 e. The number of aromatic nitrogens is 2. The molecular formula is C76H88N4. The van der Waals surface area contributed by atoms with Crippen molar-refractivity contribution in [3.8, 4) is 44.5 Å². The first-order chi connectivity index (χ1) is 39.2. The molecule has 4 heteroatoms. The zero-order valence-corrected chi connectivity index (χ0v) is 51.5. The number of nitrogens with zero attached hydrogens (tertiary/aromatic N) is 4. The molecule has 80 heavy (non-hydrogen) atoms. The third-order valence-electron chi connectivity index (χ3n) is 15.2. The Bertz CT molecular complexity index is 4070. The molecule has 4 nitrogen and oxygen atoms in total. The van der Waals surface area contributed by atoms with E-state index >= 15 is 0 Å². The summed E-state index contributed by atoms with van der Waals surface area (Å²) >= 11 is 0. The highest BCUT2D eigenvalue weighted by Crippen LogP contribution is 2.45. The van der Waals surface area contributed by atoms with Gasteiger partial charge in [0, 0.05) is 91.5 Å². The van der Waals surface area contributed by atoms with Gasteiger partial charge in [-0.1, -0.05) is 217 Å². The molecule has 0 fully saturated rings. The van der Waals surface area contributed by atoms with E-state index < -0.39 is 0 Å². The molecule has 14 rings (SSSR count). The summed E-state index contributed by atoms with van der Waals surface area (Å²) in [5, 5.41) is 10.5. The van der Waals surface area contributed by atoms with E-state index in [4.69, 9.17) is 0 Å². The highest BCUT2D eigenvalue weighted by Gasteiger charge is 2.23. The molecule has 0 aliphatic heterocycles. The van der Waals surface area contributed by atoms with E-state index in [-0.39, 0.29) is 0 Å². The summed E-state index contributed by atoms with van der Waals surface area (Å²) in [6, 6.07) is 67.9. The van der Waals surface area contributed by atoms with E-state index in [0.29, 0.717) is 0 Å². The van der Waals surface area contributed by atoms with E-state index in [1.807, 2.05) is 83.1 Å². The quantitative estimate of drug-likeness (QED) is 0.175. The first kappa shape index (κ1) is 59.6. The van der Waals surface area contributed by atoms with Crippen LogP contribution >= 0.6 is 0 Å². The Morgan fingerprint density at radius 1 is 0.300 bits per heavy atom.